The Kier molecular flexibility index (Phi) is 5.62. The van der Waals surface area contributed by atoms with E-state index in [9.17, 15) is 4.79 Å². The number of hydrogen-bond donors (Lipinski definition) is 1. The molecule has 1 saturated heterocycles. The van der Waals surface area contributed by atoms with Gasteiger partial charge in [0.15, 0.2) is 0 Å². The third-order valence-electron chi connectivity index (χ3n) is 5.55. The van der Waals surface area contributed by atoms with Gasteiger partial charge < -0.3 is 10.2 Å². The summed E-state index contributed by atoms with van der Waals surface area (Å²) in [5.74, 6) is 2.37. The van der Waals surface area contributed by atoms with Crippen molar-refractivity contribution in [2.45, 2.75) is 40.5 Å². The smallest absolute Gasteiger partial charge is 0.266 e. The van der Waals surface area contributed by atoms with Crippen molar-refractivity contribution in [3.05, 3.63) is 44.5 Å². The Labute approximate surface area is 183 Å². The van der Waals surface area contributed by atoms with Crippen molar-refractivity contribution in [1.82, 2.24) is 9.97 Å². The summed E-state index contributed by atoms with van der Waals surface area (Å²) < 4.78 is 0.878. The topological polar surface area (TPSA) is 58.1 Å². The first-order valence-electron chi connectivity index (χ1n) is 9.93. The van der Waals surface area contributed by atoms with E-state index < -0.39 is 0 Å². The van der Waals surface area contributed by atoms with Crippen molar-refractivity contribution in [3.63, 3.8) is 0 Å². The van der Waals surface area contributed by atoms with Gasteiger partial charge in [-0.3, -0.25) is 4.79 Å². The second-order valence-corrected chi connectivity index (χ2v) is 9.79. The molecule has 1 aliphatic rings. The van der Waals surface area contributed by atoms with Crippen LogP contribution in [0.5, 0.6) is 0 Å². The Bertz CT molecular complexity index is 1090. The van der Waals surface area contributed by atoms with Gasteiger partial charge in [0.2, 0.25) is 0 Å². The summed E-state index contributed by atoms with van der Waals surface area (Å²) in [5, 5.41) is 4.05. The fraction of sp³-hybridized carbons (Fsp3) is 0.409. The van der Waals surface area contributed by atoms with Crippen LogP contribution in [0.15, 0.2) is 22.7 Å². The zero-order chi connectivity index (χ0) is 20.7. The Morgan fingerprint density at radius 1 is 1.21 bits per heavy atom. The fourth-order valence-corrected chi connectivity index (χ4v) is 5.50. The lowest BCUT2D eigenvalue weighted by molar-refractivity contribution is 0.103. The number of carbonyl (C=O) groups is 1. The van der Waals surface area contributed by atoms with Crippen molar-refractivity contribution in [2.24, 2.45) is 5.92 Å². The summed E-state index contributed by atoms with van der Waals surface area (Å²) in [6.45, 7) is 10.3. The molecule has 29 heavy (non-hydrogen) atoms. The van der Waals surface area contributed by atoms with E-state index in [2.05, 4.69) is 38.1 Å². The lowest BCUT2D eigenvalue weighted by Gasteiger charge is -2.31. The molecule has 0 atom stereocenters. The minimum atomic E-state index is -0.106. The molecule has 0 spiro atoms. The third-order valence-corrected chi connectivity index (χ3v) is 7.39. The van der Waals surface area contributed by atoms with Gasteiger partial charge in [0.1, 0.15) is 16.5 Å². The van der Waals surface area contributed by atoms with Crippen LogP contribution in [0.2, 0.25) is 0 Å². The van der Waals surface area contributed by atoms with Crippen molar-refractivity contribution in [3.8, 4) is 0 Å². The van der Waals surface area contributed by atoms with Gasteiger partial charge in [-0.15, -0.1) is 11.3 Å². The van der Waals surface area contributed by atoms with Gasteiger partial charge in [-0.2, -0.15) is 0 Å². The quantitative estimate of drug-likeness (QED) is 0.517. The number of rotatable bonds is 3. The molecule has 1 aliphatic heterocycles. The fourth-order valence-electron chi connectivity index (χ4n) is 3.79. The number of aryl methyl sites for hydroxylation is 3. The predicted molar refractivity (Wildman–Crippen MR) is 124 cm³/mol. The summed E-state index contributed by atoms with van der Waals surface area (Å²) in [6, 6.07) is 5.91. The predicted octanol–water partition coefficient (Wildman–Crippen LogP) is 5.87. The summed E-state index contributed by atoms with van der Waals surface area (Å²) >= 11 is 4.99. The van der Waals surface area contributed by atoms with Gasteiger partial charge in [0.05, 0.1) is 16.0 Å². The minimum Gasteiger partial charge on any atom is -0.356 e. The number of carbonyl (C=O) groups excluding carboxylic acids is 1. The van der Waals surface area contributed by atoms with Crippen LogP contribution in [-0.2, 0) is 0 Å². The SMILES string of the molecule is Cc1ccc(NC(=O)c2sc3nc(C)nc(N4CCC(C)CC4)c3c2C)c(Br)c1. The van der Waals surface area contributed by atoms with Crippen LogP contribution >= 0.6 is 27.3 Å². The Balaban J connectivity index is 1.71. The number of halogens is 1. The van der Waals surface area contributed by atoms with Gasteiger partial charge in [0.25, 0.3) is 5.91 Å². The Morgan fingerprint density at radius 2 is 1.93 bits per heavy atom. The number of piperidine rings is 1. The number of aromatic nitrogens is 2. The summed E-state index contributed by atoms with van der Waals surface area (Å²) in [5.41, 5.74) is 2.86. The lowest BCUT2D eigenvalue weighted by Crippen LogP contribution is -2.33. The number of benzene rings is 1. The van der Waals surface area contributed by atoms with Crippen LogP contribution in [0, 0.1) is 26.7 Å². The zero-order valence-corrected chi connectivity index (χ0v) is 19.6. The average molecular weight is 473 g/mol. The van der Waals surface area contributed by atoms with Crippen LogP contribution in [-0.4, -0.2) is 29.0 Å². The van der Waals surface area contributed by atoms with E-state index in [4.69, 9.17) is 4.98 Å². The largest absolute Gasteiger partial charge is 0.356 e. The second kappa shape index (κ2) is 8.03. The monoisotopic (exact) mass is 472 g/mol. The number of fused-ring (bicyclic) bond motifs is 1. The van der Waals surface area contributed by atoms with Crippen molar-refractivity contribution in [2.75, 3.05) is 23.3 Å². The maximum atomic E-state index is 13.1. The van der Waals surface area contributed by atoms with Crippen LogP contribution in [0.25, 0.3) is 10.2 Å². The van der Waals surface area contributed by atoms with E-state index in [0.717, 1.165) is 62.2 Å². The maximum absolute atomic E-state index is 13.1. The summed E-state index contributed by atoms with van der Waals surface area (Å²) in [6.07, 6.45) is 2.34. The van der Waals surface area contributed by atoms with Gasteiger partial charge in [-0.05, 0) is 78.7 Å². The first kappa shape index (κ1) is 20.3. The van der Waals surface area contributed by atoms with E-state index in [1.807, 2.05) is 39.0 Å². The average Bonchev–Trinajstić information content (AvgIpc) is 3.00. The highest BCUT2D eigenvalue weighted by molar-refractivity contribution is 9.10. The number of hydrogen-bond acceptors (Lipinski definition) is 5. The van der Waals surface area contributed by atoms with Crippen LogP contribution in [0.1, 0.15) is 46.4 Å². The molecular weight excluding hydrogens is 448 g/mol. The second-order valence-electron chi connectivity index (χ2n) is 7.94. The molecule has 5 nitrogen and oxygen atoms in total. The number of nitrogens with zero attached hydrogens (tertiary/aromatic N) is 3. The molecule has 4 rings (SSSR count). The highest BCUT2D eigenvalue weighted by Crippen LogP contribution is 2.37. The van der Waals surface area contributed by atoms with E-state index in [0.29, 0.717) is 4.88 Å². The van der Waals surface area contributed by atoms with Gasteiger partial charge in [-0.1, -0.05) is 13.0 Å². The first-order chi connectivity index (χ1) is 13.8. The van der Waals surface area contributed by atoms with Gasteiger partial charge >= 0.3 is 0 Å². The molecule has 2 aromatic heterocycles. The van der Waals surface area contributed by atoms with Crippen LogP contribution in [0.3, 0.4) is 0 Å². The molecular formula is C22H25BrN4OS. The molecule has 3 aromatic rings. The molecule has 0 bridgehead atoms. The zero-order valence-electron chi connectivity index (χ0n) is 17.2. The molecule has 1 aromatic carbocycles. The lowest BCUT2D eigenvalue weighted by atomic mass is 9.99. The van der Waals surface area contributed by atoms with E-state index in [1.165, 1.54) is 24.2 Å². The van der Waals surface area contributed by atoms with Crippen molar-refractivity contribution >= 4 is 54.9 Å². The minimum absolute atomic E-state index is 0.106. The van der Waals surface area contributed by atoms with E-state index in [1.54, 1.807) is 0 Å². The molecule has 0 radical (unpaired) electrons. The number of amides is 1. The molecule has 0 unspecified atom stereocenters. The van der Waals surface area contributed by atoms with E-state index in [-0.39, 0.29) is 5.91 Å². The van der Waals surface area contributed by atoms with Crippen LogP contribution in [0.4, 0.5) is 11.5 Å². The highest BCUT2D eigenvalue weighted by atomic mass is 79.9. The first-order valence-corrected chi connectivity index (χ1v) is 11.5. The van der Waals surface area contributed by atoms with Crippen molar-refractivity contribution in [1.29, 1.82) is 0 Å². The molecule has 7 heteroatoms. The summed E-state index contributed by atoms with van der Waals surface area (Å²) in [7, 11) is 0. The summed E-state index contributed by atoms with van der Waals surface area (Å²) in [4.78, 5) is 26.4. The molecule has 152 valence electrons. The third kappa shape index (κ3) is 4.03. The highest BCUT2D eigenvalue weighted by Gasteiger charge is 2.25. The maximum Gasteiger partial charge on any atom is 0.266 e. The number of nitrogens with one attached hydrogen (secondary N) is 1. The Hall–Kier alpha value is -1.99. The normalized spacial score (nSPS) is 15.1. The number of thiophene rings is 1. The van der Waals surface area contributed by atoms with Crippen LogP contribution < -0.4 is 10.2 Å². The molecule has 3 heterocycles. The molecule has 1 amide bonds. The molecule has 0 aliphatic carbocycles. The molecule has 1 fully saturated rings. The standard InChI is InChI=1S/C22H25BrN4OS/c1-12-7-9-27(10-8-12)20-18-14(3)19(29-22(18)25-15(4)24-20)21(28)26-17-6-5-13(2)11-16(17)23/h5-6,11-12H,7-10H2,1-4H3,(H,26,28). The van der Waals surface area contributed by atoms with Gasteiger partial charge in [-0.25, -0.2) is 9.97 Å². The molecule has 0 saturated carbocycles. The van der Waals surface area contributed by atoms with Gasteiger partial charge in [0, 0.05) is 17.6 Å². The van der Waals surface area contributed by atoms with Crippen molar-refractivity contribution < 1.29 is 4.79 Å². The number of anilines is 2. The molecule has 1 N–H and O–H groups in total. The van der Waals surface area contributed by atoms with E-state index >= 15 is 0 Å². The Morgan fingerprint density at radius 3 is 2.62 bits per heavy atom.